The number of nitrogens with zero attached hydrogens (tertiary/aromatic N) is 2. The Kier molecular flexibility index (Phi) is 3.16. The second-order valence-electron chi connectivity index (χ2n) is 4.40. The van der Waals surface area contributed by atoms with Gasteiger partial charge in [-0.25, -0.2) is 4.39 Å². The lowest BCUT2D eigenvalue weighted by Gasteiger charge is -1.98. The smallest absolute Gasteiger partial charge is 0.231 e. The van der Waals surface area contributed by atoms with Crippen molar-refractivity contribution in [3.05, 3.63) is 65.8 Å². The van der Waals surface area contributed by atoms with Crippen LogP contribution in [0.4, 0.5) is 10.1 Å². The lowest BCUT2D eigenvalue weighted by Crippen LogP contribution is -1.92. The number of anilines is 1. The average Bonchev–Trinajstić information content (AvgIpc) is 2.90. The molecular weight excluding hydrogens is 257 g/mol. The van der Waals surface area contributed by atoms with E-state index in [0.717, 1.165) is 11.1 Å². The number of nitrogen functional groups attached to an aromatic ring is 1. The standard InChI is InChI=1S/C15H12FN3O/c16-11-7-5-10(6-8-11)9-14-18-15(19-20-14)12-3-1-2-4-13(12)17/h1-8H,9,17H2. The monoisotopic (exact) mass is 269 g/mol. The molecule has 4 nitrogen and oxygen atoms in total. The minimum atomic E-state index is -0.267. The van der Waals surface area contributed by atoms with Crippen LogP contribution in [0.5, 0.6) is 0 Å². The fourth-order valence-electron chi connectivity index (χ4n) is 1.91. The number of hydrogen-bond acceptors (Lipinski definition) is 4. The van der Waals surface area contributed by atoms with E-state index in [1.807, 2.05) is 18.2 Å². The van der Waals surface area contributed by atoms with Crippen LogP contribution in [0.2, 0.25) is 0 Å². The summed E-state index contributed by atoms with van der Waals surface area (Å²) in [6, 6.07) is 13.5. The van der Waals surface area contributed by atoms with Crippen molar-refractivity contribution >= 4 is 5.69 Å². The highest BCUT2D eigenvalue weighted by Gasteiger charge is 2.11. The summed E-state index contributed by atoms with van der Waals surface area (Å²) in [5.74, 6) is 0.659. The maximum absolute atomic E-state index is 12.8. The predicted octanol–water partition coefficient (Wildman–Crippen LogP) is 3.05. The molecule has 0 fully saturated rings. The van der Waals surface area contributed by atoms with Crippen LogP contribution in [0.15, 0.2) is 53.1 Å². The van der Waals surface area contributed by atoms with Crippen molar-refractivity contribution in [3.8, 4) is 11.4 Å². The number of halogens is 1. The van der Waals surface area contributed by atoms with Gasteiger partial charge in [0, 0.05) is 11.3 Å². The molecule has 2 N–H and O–H groups in total. The number of rotatable bonds is 3. The van der Waals surface area contributed by atoms with E-state index in [1.165, 1.54) is 12.1 Å². The third kappa shape index (κ3) is 2.51. The summed E-state index contributed by atoms with van der Waals surface area (Å²) in [6.07, 6.45) is 0.458. The zero-order valence-corrected chi connectivity index (χ0v) is 10.6. The zero-order valence-electron chi connectivity index (χ0n) is 10.6. The minimum absolute atomic E-state index is 0.267. The van der Waals surface area contributed by atoms with Crippen LogP contribution >= 0.6 is 0 Å². The molecule has 20 heavy (non-hydrogen) atoms. The molecule has 100 valence electrons. The third-order valence-electron chi connectivity index (χ3n) is 2.94. The van der Waals surface area contributed by atoms with Crippen molar-refractivity contribution < 1.29 is 8.91 Å². The van der Waals surface area contributed by atoms with Gasteiger partial charge in [-0.3, -0.25) is 0 Å². The lowest BCUT2D eigenvalue weighted by molar-refractivity contribution is 0.385. The fraction of sp³-hybridized carbons (Fsp3) is 0.0667. The van der Waals surface area contributed by atoms with Crippen LogP contribution in [0.25, 0.3) is 11.4 Å². The second kappa shape index (κ2) is 5.13. The van der Waals surface area contributed by atoms with E-state index >= 15 is 0 Å². The normalized spacial score (nSPS) is 10.7. The van der Waals surface area contributed by atoms with E-state index in [2.05, 4.69) is 10.1 Å². The van der Waals surface area contributed by atoms with E-state index in [-0.39, 0.29) is 5.82 Å². The van der Waals surface area contributed by atoms with Gasteiger partial charge in [0.2, 0.25) is 11.7 Å². The molecule has 5 heteroatoms. The molecule has 1 heterocycles. The van der Waals surface area contributed by atoms with Gasteiger partial charge in [0.1, 0.15) is 5.82 Å². The Morgan fingerprint density at radius 1 is 1.05 bits per heavy atom. The predicted molar refractivity (Wildman–Crippen MR) is 73.4 cm³/mol. The third-order valence-corrected chi connectivity index (χ3v) is 2.94. The van der Waals surface area contributed by atoms with Gasteiger partial charge in [0.25, 0.3) is 0 Å². The molecule has 0 saturated carbocycles. The molecule has 0 amide bonds. The van der Waals surface area contributed by atoms with Gasteiger partial charge in [0.15, 0.2) is 0 Å². The largest absolute Gasteiger partial charge is 0.398 e. The fourth-order valence-corrected chi connectivity index (χ4v) is 1.91. The summed E-state index contributed by atoms with van der Waals surface area (Å²) in [6.45, 7) is 0. The summed E-state index contributed by atoms with van der Waals surface area (Å²) in [5.41, 5.74) is 8.11. The molecule has 3 aromatic rings. The van der Waals surface area contributed by atoms with E-state index in [9.17, 15) is 4.39 Å². The van der Waals surface area contributed by atoms with Crippen LogP contribution in [0.3, 0.4) is 0 Å². The first-order chi connectivity index (χ1) is 9.72. The van der Waals surface area contributed by atoms with Gasteiger partial charge in [-0.2, -0.15) is 4.98 Å². The quantitative estimate of drug-likeness (QED) is 0.742. The summed E-state index contributed by atoms with van der Waals surface area (Å²) < 4.78 is 18.0. The van der Waals surface area contributed by atoms with E-state index in [1.54, 1.807) is 18.2 Å². The molecule has 0 spiro atoms. The molecule has 1 aromatic heterocycles. The minimum Gasteiger partial charge on any atom is -0.398 e. The SMILES string of the molecule is Nc1ccccc1-c1noc(Cc2ccc(F)cc2)n1. The van der Waals surface area contributed by atoms with Crippen LogP contribution in [0, 0.1) is 5.82 Å². The summed E-state index contributed by atoms with van der Waals surface area (Å²) in [7, 11) is 0. The molecule has 0 unspecified atom stereocenters. The highest BCUT2D eigenvalue weighted by Crippen LogP contribution is 2.23. The van der Waals surface area contributed by atoms with E-state index < -0.39 is 0 Å². The Morgan fingerprint density at radius 3 is 2.55 bits per heavy atom. The summed E-state index contributed by atoms with van der Waals surface area (Å²) in [5, 5.41) is 3.92. The van der Waals surface area contributed by atoms with Gasteiger partial charge in [-0.1, -0.05) is 29.4 Å². The molecule has 0 atom stereocenters. The van der Waals surface area contributed by atoms with E-state index in [0.29, 0.717) is 23.8 Å². The lowest BCUT2D eigenvalue weighted by atomic mass is 10.1. The van der Waals surface area contributed by atoms with Gasteiger partial charge >= 0.3 is 0 Å². The number of para-hydroxylation sites is 1. The molecule has 0 radical (unpaired) electrons. The van der Waals surface area contributed by atoms with Crippen LogP contribution < -0.4 is 5.73 Å². The molecule has 0 bridgehead atoms. The zero-order chi connectivity index (χ0) is 13.9. The summed E-state index contributed by atoms with van der Waals surface area (Å²) in [4.78, 5) is 4.31. The first-order valence-corrected chi connectivity index (χ1v) is 6.14. The highest BCUT2D eigenvalue weighted by atomic mass is 19.1. The Labute approximate surface area is 115 Å². The number of hydrogen-bond donors (Lipinski definition) is 1. The molecule has 0 saturated heterocycles. The first kappa shape index (κ1) is 12.3. The highest BCUT2D eigenvalue weighted by molar-refractivity contribution is 5.70. The Hall–Kier alpha value is -2.69. The van der Waals surface area contributed by atoms with Crippen molar-refractivity contribution in [2.45, 2.75) is 6.42 Å². The Bertz CT molecular complexity index is 722. The maximum atomic E-state index is 12.8. The maximum Gasteiger partial charge on any atom is 0.231 e. The van der Waals surface area contributed by atoms with Crippen molar-refractivity contribution in [2.75, 3.05) is 5.73 Å². The molecule has 2 aromatic carbocycles. The molecular formula is C15H12FN3O. The first-order valence-electron chi connectivity index (χ1n) is 6.14. The second-order valence-corrected chi connectivity index (χ2v) is 4.40. The average molecular weight is 269 g/mol. The molecule has 0 aliphatic heterocycles. The van der Waals surface area contributed by atoms with E-state index in [4.69, 9.17) is 10.3 Å². The molecule has 0 aliphatic rings. The van der Waals surface area contributed by atoms with Crippen LogP contribution in [-0.4, -0.2) is 10.1 Å². The van der Waals surface area contributed by atoms with Gasteiger partial charge < -0.3 is 10.3 Å². The van der Waals surface area contributed by atoms with Crippen LogP contribution in [0.1, 0.15) is 11.5 Å². The van der Waals surface area contributed by atoms with Crippen molar-refractivity contribution in [3.63, 3.8) is 0 Å². The van der Waals surface area contributed by atoms with Gasteiger partial charge in [-0.05, 0) is 29.8 Å². The number of aromatic nitrogens is 2. The Balaban J connectivity index is 1.84. The van der Waals surface area contributed by atoms with Crippen molar-refractivity contribution in [1.82, 2.24) is 10.1 Å². The summed E-state index contributed by atoms with van der Waals surface area (Å²) >= 11 is 0. The van der Waals surface area contributed by atoms with Crippen molar-refractivity contribution in [1.29, 1.82) is 0 Å². The van der Waals surface area contributed by atoms with Crippen molar-refractivity contribution in [2.24, 2.45) is 0 Å². The van der Waals surface area contributed by atoms with Crippen LogP contribution in [-0.2, 0) is 6.42 Å². The topological polar surface area (TPSA) is 64.9 Å². The molecule has 0 aliphatic carbocycles. The van der Waals surface area contributed by atoms with Gasteiger partial charge in [-0.15, -0.1) is 0 Å². The number of nitrogens with two attached hydrogens (primary N) is 1. The Morgan fingerprint density at radius 2 is 1.80 bits per heavy atom. The number of benzene rings is 2. The van der Waals surface area contributed by atoms with Gasteiger partial charge in [0.05, 0.1) is 6.42 Å². The molecule has 3 rings (SSSR count).